The van der Waals surface area contributed by atoms with E-state index in [2.05, 4.69) is 29.6 Å². The number of nitrogens with one attached hydrogen (secondary N) is 1. The summed E-state index contributed by atoms with van der Waals surface area (Å²) in [6.45, 7) is 6.36. The van der Waals surface area contributed by atoms with Crippen LogP contribution in [0.1, 0.15) is 55.4 Å². The average molecular weight is 469 g/mol. The number of hydrogen-bond donors (Lipinski definition) is 1. The van der Waals surface area contributed by atoms with Crippen molar-refractivity contribution in [2.75, 3.05) is 6.54 Å². The molecule has 0 saturated carbocycles. The van der Waals surface area contributed by atoms with Gasteiger partial charge in [0.1, 0.15) is 0 Å². The van der Waals surface area contributed by atoms with Crippen LogP contribution in [0.25, 0.3) is 0 Å². The molecule has 2 amide bonds. The van der Waals surface area contributed by atoms with Gasteiger partial charge in [-0.2, -0.15) is 13.2 Å². The van der Waals surface area contributed by atoms with Gasteiger partial charge in [-0.3, -0.25) is 0 Å². The Labute approximate surface area is 199 Å². The van der Waals surface area contributed by atoms with Crippen molar-refractivity contribution in [2.24, 2.45) is 0 Å². The lowest BCUT2D eigenvalue weighted by Crippen LogP contribution is -2.48. The molecule has 0 saturated heterocycles. The molecular formula is C28H31F3N2O. The molecule has 0 spiro atoms. The Bertz CT molecular complexity index is 1000. The van der Waals surface area contributed by atoms with E-state index in [0.717, 1.165) is 23.3 Å². The quantitative estimate of drug-likeness (QED) is 0.390. The molecule has 3 aromatic rings. The average Bonchev–Trinajstić information content (AvgIpc) is 2.78. The van der Waals surface area contributed by atoms with E-state index in [1.54, 1.807) is 4.90 Å². The molecule has 3 nitrogen and oxygen atoms in total. The Morgan fingerprint density at radius 3 is 1.76 bits per heavy atom. The van der Waals surface area contributed by atoms with Crippen molar-refractivity contribution in [2.45, 2.75) is 51.4 Å². The highest BCUT2D eigenvalue weighted by Crippen LogP contribution is 2.30. The van der Waals surface area contributed by atoms with Gasteiger partial charge in [0, 0.05) is 24.5 Å². The van der Waals surface area contributed by atoms with Gasteiger partial charge in [0.25, 0.3) is 0 Å². The summed E-state index contributed by atoms with van der Waals surface area (Å²) < 4.78 is 38.9. The van der Waals surface area contributed by atoms with Crippen LogP contribution in [0.2, 0.25) is 0 Å². The van der Waals surface area contributed by atoms with Gasteiger partial charge in [0.05, 0.1) is 5.56 Å². The van der Waals surface area contributed by atoms with E-state index in [1.807, 2.05) is 57.2 Å². The molecule has 3 rings (SSSR count). The third kappa shape index (κ3) is 7.37. The zero-order valence-electron chi connectivity index (χ0n) is 19.8. The van der Waals surface area contributed by atoms with Crippen LogP contribution in [-0.4, -0.2) is 23.0 Å². The minimum atomic E-state index is -4.39. The Kier molecular flexibility index (Phi) is 8.02. The first-order chi connectivity index (χ1) is 16.0. The summed E-state index contributed by atoms with van der Waals surface area (Å²) in [7, 11) is 0. The van der Waals surface area contributed by atoms with E-state index >= 15 is 0 Å². The van der Waals surface area contributed by atoms with Crippen LogP contribution in [-0.2, 0) is 12.7 Å². The maximum atomic E-state index is 13.1. The van der Waals surface area contributed by atoms with Crippen LogP contribution in [0.5, 0.6) is 0 Å². The molecule has 0 aliphatic rings. The van der Waals surface area contributed by atoms with Gasteiger partial charge in [-0.1, -0.05) is 72.8 Å². The summed E-state index contributed by atoms with van der Waals surface area (Å²) in [5, 5.41) is 2.99. The van der Waals surface area contributed by atoms with Gasteiger partial charge < -0.3 is 10.2 Å². The third-order valence-corrected chi connectivity index (χ3v) is 5.52. The first kappa shape index (κ1) is 25.3. The summed E-state index contributed by atoms with van der Waals surface area (Å²) in [6, 6.07) is 25.0. The number of rotatable bonds is 7. The molecule has 0 heterocycles. The summed E-state index contributed by atoms with van der Waals surface area (Å²) >= 11 is 0. The predicted molar refractivity (Wildman–Crippen MR) is 129 cm³/mol. The van der Waals surface area contributed by atoms with E-state index in [0.29, 0.717) is 18.5 Å². The molecule has 180 valence electrons. The van der Waals surface area contributed by atoms with Crippen LogP contribution in [0.3, 0.4) is 0 Å². The highest BCUT2D eigenvalue weighted by atomic mass is 19.4. The van der Waals surface area contributed by atoms with Gasteiger partial charge in [-0.15, -0.1) is 0 Å². The molecule has 0 bridgehead atoms. The summed E-state index contributed by atoms with van der Waals surface area (Å²) in [4.78, 5) is 14.8. The predicted octanol–water partition coefficient (Wildman–Crippen LogP) is 7.24. The molecule has 34 heavy (non-hydrogen) atoms. The second-order valence-electron chi connectivity index (χ2n) is 9.46. The lowest BCUT2D eigenvalue weighted by molar-refractivity contribution is -0.137. The van der Waals surface area contributed by atoms with E-state index in [1.165, 1.54) is 12.1 Å². The first-order valence-corrected chi connectivity index (χ1v) is 11.4. The van der Waals surface area contributed by atoms with E-state index in [-0.39, 0.29) is 18.5 Å². The van der Waals surface area contributed by atoms with Gasteiger partial charge in [-0.25, -0.2) is 4.79 Å². The molecule has 0 fully saturated rings. The van der Waals surface area contributed by atoms with Crippen molar-refractivity contribution in [3.05, 3.63) is 107 Å². The van der Waals surface area contributed by atoms with Crippen LogP contribution < -0.4 is 5.32 Å². The van der Waals surface area contributed by atoms with Gasteiger partial charge >= 0.3 is 12.2 Å². The minimum absolute atomic E-state index is 0.0833. The SMILES string of the molecule is CC(C)(C)NC(=O)N(CCC(c1ccccc1)c1ccccc1)Cc1ccc(C(F)(F)F)cc1. The number of urea groups is 1. The first-order valence-electron chi connectivity index (χ1n) is 11.4. The van der Waals surface area contributed by atoms with Gasteiger partial charge in [0.15, 0.2) is 0 Å². The van der Waals surface area contributed by atoms with Gasteiger partial charge in [0.2, 0.25) is 0 Å². The van der Waals surface area contributed by atoms with Crippen molar-refractivity contribution >= 4 is 6.03 Å². The molecule has 1 N–H and O–H groups in total. The number of hydrogen-bond acceptors (Lipinski definition) is 1. The molecule has 0 unspecified atom stereocenters. The maximum Gasteiger partial charge on any atom is 0.416 e. The normalized spacial score (nSPS) is 12.0. The van der Waals surface area contributed by atoms with Crippen molar-refractivity contribution in [1.29, 1.82) is 0 Å². The molecule has 0 aliphatic heterocycles. The van der Waals surface area contributed by atoms with Crippen molar-refractivity contribution in [3.63, 3.8) is 0 Å². The van der Waals surface area contributed by atoms with Crippen LogP contribution >= 0.6 is 0 Å². The lowest BCUT2D eigenvalue weighted by atomic mass is 9.88. The number of nitrogens with zero attached hydrogens (tertiary/aromatic N) is 1. The van der Waals surface area contributed by atoms with Gasteiger partial charge in [-0.05, 0) is 56.0 Å². The minimum Gasteiger partial charge on any atom is -0.333 e. The largest absolute Gasteiger partial charge is 0.416 e. The highest BCUT2D eigenvalue weighted by Gasteiger charge is 2.30. The number of amides is 2. The highest BCUT2D eigenvalue weighted by molar-refractivity contribution is 5.75. The second kappa shape index (κ2) is 10.8. The number of halogens is 3. The van der Waals surface area contributed by atoms with E-state index < -0.39 is 17.3 Å². The van der Waals surface area contributed by atoms with E-state index in [9.17, 15) is 18.0 Å². The number of carbonyl (C=O) groups is 1. The van der Waals surface area contributed by atoms with Crippen LogP contribution in [0.4, 0.5) is 18.0 Å². The zero-order chi connectivity index (χ0) is 24.8. The van der Waals surface area contributed by atoms with E-state index in [4.69, 9.17) is 0 Å². The lowest BCUT2D eigenvalue weighted by Gasteiger charge is -2.30. The number of carbonyl (C=O) groups excluding carboxylic acids is 1. The second-order valence-corrected chi connectivity index (χ2v) is 9.46. The molecule has 6 heteroatoms. The van der Waals surface area contributed by atoms with Crippen molar-refractivity contribution in [3.8, 4) is 0 Å². The summed E-state index contributed by atoms with van der Waals surface area (Å²) in [6.07, 6.45) is -3.72. The van der Waals surface area contributed by atoms with Crippen LogP contribution in [0, 0.1) is 0 Å². The molecule has 3 aromatic carbocycles. The monoisotopic (exact) mass is 468 g/mol. The zero-order valence-corrected chi connectivity index (χ0v) is 19.8. The maximum absolute atomic E-state index is 13.1. The molecule has 0 radical (unpaired) electrons. The molecule has 0 atom stereocenters. The smallest absolute Gasteiger partial charge is 0.333 e. The Balaban J connectivity index is 1.83. The summed E-state index contributed by atoms with van der Waals surface area (Å²) in [5.41, 5.74) is 1.82. The fraction of sp³-hybridized carbons (Fsp3) is 0.321. The molecular weight excluding hydrogens is 437 g/mol. The third-order valence-electron chi connectivity index (χ3n) is 5.52. The number of alkyl halides is 3. The Hall–Kier alpha value is -3.28. The fourth-order valence-corrected chi connectivity index (χ4v) is 3.85. The topological polar surface area (TPSA) is 32.3 Å². The number of benzene rings is 3. The van der Waals surface area contributed by atoms with Crippen molar-refractivity contribution < 1.29 is 18.0 Å². The van der Waals surface area contributed by atoms with Crippen LogP contribution in [0.15, 0.2) is 84.9 Å². The van der Waals surface area contributed by atoms with Crippen molar-refractivity contribution in [1.82, 2.24) is 10.2 Å². The Morgan fingerprint density at radius 1 is 0.824 bits per heavy atom. The molecule has 0 aromatic heterocycles. The standard InChI is InChI=1S/C28H31F3N2O/c1-27(2,3)32-26(34)33(20-21-14-16-24(17-15-21)28(29,30)31)19-18-25(22-10-6-4-7-11-22)23-12-8-5-9-13-23/h4-17,25H,18-20H2,1-3H3,(H,32,34). The Morgan fingerprint density at radius 2 is 1.32 bits per heavy atom. The fourth-order valence-electron chi connectivity index (χ4n) is 3.85. The summed E-state index contributed by atoms with van der Waals surface area (Å²) in [5.74, 6) is 0.0833. The molecule has 0 aliphatic carbocycles.